The zero-order valence-corrected chi connectivity index (χ0v) is 16.5. The van der Waals surface area contributed by atoms with Crippen LogP contribution >= 0.6 is 0 Å². The van der Waals surface area contributed by atoms with E-state index in [2.05, 4.69) is 20.6 Å². The molecular formula is C19H19F3N5O4+. The Morgan fingerprint density at radius 3 is 2.71 bits per heavy atom. The highest BCUT2D eigenvalue weighted by atomic mass is 19.4. The first-order chi connectivity index (χ1) is 14.7. The average Bonchev–Trinajstić information content (AvgIpc) is 3.52. The summed E-state index contributed by atoms with van der Waals surface area (Å²) in [7, 11) is 0. The van der Waals surface area contributed by atoms with Gasteiger partial charge >= 0.3 is 12.1 Å². The van der Waals surface area contributed by atoms with E-state index in [0.717, 1.165) is 37.2 Å². The second kappa shape index (κ2) is 6.94. The molecule has 0 unspecified atom stereocenters. The number of halogens is 3. The van der Waals surface area contributed by atoms with Crippen LogP contribution in [-0.2, 0) is 11.4 Å². The number of carbonyl (C=O) groups excluding carboxylic acids is 1. The summed E-state index contributed by atoms with van der Waals surface area (Å²) in [6.45, 7) is 3.05. The van der Waals surface area contributed by atoms with Crippen molar-refractivity contribution in [1.29, 1.82) is 0 Å². The summed E-state index contributed by atoms with van der Waals surface area (Å²) in [6, 6.07) is 4.16. The van der Waals surface area contributed by atoms with E-state index >= 15 is 0 Å². The Morgan fingerprint density at radius 2 is 2.10 bits per heavy atom. The molecule has 1 aliphatic carbocycles. The fraction of sp³-hybridized carbons (Fsp3) is 0.474. The lowest BCUT2D eigenvalue weighted by molar-refractivity contribution is -0.646. The number of alkyl halides is 3. The van der Waals surface area contributed by atoms with Gasteiger partial charge < -0.3 is 15.4 Å². The summed E-state index contributed by atoms with van der Waals surface area (Å²) in [4.78, 5) is 27.8. The third-order valence-corrected chi connectivity index (χ3v) is 5.64. The van der Waals surface area contributed by atoms with E-state index in [9.17, 15) is 22.9 Å². The van der Waals surface area contributed by atoms with Crippen molar-refractivity contribution in [3.63, 3.8) is 0 Å². The molecule has 3 aliphatic rings. The van der Waals surface area contributed by atoms with Crippen molar-refractivity contribution in [2.45, 2.75) is 44.5 Å². The highest BCUT2D eigenvalue weighted by Gasteiger charge is 2.44. The van der Waals surface area contributed by atoms with Gasteiger partial charge in [-0.05, 0) is 41.4 Å². The number of benzene rings is 1. The van der Waals surface area contributed by atoms with Gasteiger partial charge in [-0.25, -0.2) is 4.79 Å². The van der Waals surface area contributed by atoms with Crippen molar-refractivity contribution in [2.75, 3.05) is 18.4 Å². The van der Waals surface area contributed by atoms with Crippen molar-refractivity contribution in [2.24, 2.45) is 0 Å². The summed E-state index contributed by atoms with van der Waals surface area (Å²) in [5.41, 5.74) is 3.40. The first-order valence-electron chi connectivity index (χ1n) is 9.86. The van der Waals surface area contributed by atoms with Gasteiger partial charge in [-0.1, -0.05) is 0 Å². The monoisotopic (exact) mass is 438 g/mol. The van der Waals surface area contributed by atoms with Crippen molar-refractivity contribution in [3.8, 4) is 16.9 Å². The normalized spacial score (nSPS) is 17.8. The molecule has 1 saturated heterocycles. The summed E-state index contributed by atoms with van der Waals surface area (Å²) in [5.74, 6) is -1.50. The number of ether oxygens (including phenoxy) is 1. The predicted octanol–water partition coefficient (Wildman–Crippen LogP) is 1.44. The number of anilines is 1. The second-order valence-electron chi connectivity index (χ2n) is 7.91. The van der Waals surface area contributed by atoms with E-state index in [1.807, 2.05) is 12.1 Å². The molecule has 2 N–H and O–H groups in total. The molecule has 0 amide bonds. The standard InChI is InChI=1S/C19H19F3N5O4/c1-9-17-13-4-14(24-11-6-23-7-11)12(10-2-3-10)5-16(13)30-8-15(17)25-27(26(9)29)31-18(28)19(20,21)22/h4-5,10-11,23-24H,2-3,6-8H2,1H3/q+1. The van der Waals surface area contributed by atoms with Crippen molar-refractivity contribution >= 4 is 11.7 Å². The van der Waals surface area contributed by atoms with Crippen LogP contribution in [0.15, 0.2) is 12.1 Å². The van der Waals surface area contributed by atoms with Crippen LogP contribution < -0.4 is 24.7 Å². The molecular weight excluding hydrogens is 419 g/mol. The maximum atomic E-state index is 12.5. The van der Waals surface area contributed by atoms with Gasteiger partial charge in [0, 0.05) is 31.3 Å². The van der Waals surface area contributed by atoms with Gasteiger partial charge in [-0.3, -0.25) is 4.84 Å². The molecule has 2 aliphatic heterocycles. The van der Waals surface area contributed by atoms with Crippen LogP contribution in [0.5, 0.6) is 5.75 Å². The number of aromatic nitrogens is 3. The molecule has 164 valence electrons. The third kappa shape index (κ3) is 3.50. The predicted molar refractivity (Wildman–Crippen MR) is 100.0 cm³/mol. The molecule has 1 saturated carbocycles. The van der Waals surface area contributed by atoms with E-state index in [1.54, 1.807) is 0 Å². The molecule has 3 heterocycles. The van der Waals surface area contributed by atoms with Crippen molar-refractivity contribution in [3.05, 3.63) is 34.0 Å². The maximum Gasteiger partial charge on any atom is 0.493 e. The molecule has 12 heteroatoms. The van der Waals surface area contributed by atoms with Crippen LogP contribution in [0.2, 0.25) is 0 Å². The number of fused-ring (bicyclic) bond motifs is 3. The third-order valence-electron chi connectivity index (χ3n) is 5.64. The zero-order valence-electron chi connectivity index (χ0n) is 16.5. The number of nitrogens with zero attached hydrogens (tertiary/aromatic N) is 3. The topological polar surface area (TPSA) is 100 Å². The quantitative estimate of drug-likeness (QED) is 0.697. The van der Waals surface area contributed by atoms with Gasteiger partial charge in [0.25, 0.3) is 0 Å². The van der Waals surface area contributed by atoms with Crippen LogP contribution in [0.1, 0.15) is 35.7 Å². The highest BCUT2D eigenvalue weighted by molar-refractivity contribution is 5.80. The summed E-state index contributed by atoms with van der Waals surface area (Å²) < 4.78 is 43.4. The SMILES string of the molecule is Cc1c2c(nn(OC(=O)C(F)(F)F)[n+]1=O)COc1cc(C3CC3)c(NC3CNC3)cc1-2. The highest BCUT2D eigenvalue weighted by Crippen LogP contribution is 2.49. The fourth-order valence-electron chi connectivity index (χ4n) is 3.79. The molecule has 0 atom stereocenters. The summed E-state index contributed by atoms with van der Waals surface area (Å²) in [6.07, 6.45) is -3.07. The Kier molecular flexibility index (Phi) is 4.43. The molecule has 0 radical (unpaired) electrons. The Bertz CT molecular complexity index is 1140. The average molecular weight is 438 g/mol. The molecule has 5 rings (SSSR count). The van der Waals surface area contributed by atoms with Crippen LogP contribution in [-0.4, -0.2) is 41.3 Å². The number of carbonyl (C=O) groups is 1. The lowest BCUT2D eigenvalue weighted by atomic mass is 9.95. The van der Waals surface area contributed by atoms with Gasteiger partial charge in [0.15, 0.2) is 12.3 Å². The minimum atomic E-state index is -5.26. The zero-order chi connectivity index (χ0) is 21.9. The Balaban J connectivity index is 1.57. The lowest BCUT2D eigenvalue weighted by Gasteiger charge is -2.31. The molecule has 31 heavy (non-hydrogen) atoms. The van der Waals surface area contributed by atoms with E-state index in [1.165, 1.54) is 6.92 Å². The first-order valence-corrected chi connectivity index (χ1v) is 9.86. The smallest absolute Gasteiger partial charge is 0.484 e. The summed E-state index contributed by atoms with van der Waals surface area (Å²) >= 11 is 0. The van der Waals surface area contributed by atoms with E-state index in [4.69, 9.17) is 4.74 Å². The van der Waals surface area contributed by atoms with E-state index < -0.39 is 12.1 Å². The molecule has 9 nitrogen and oxygen atoms in total. The van der Waals surface area contributed by atoms with Gasteiger partial charge in [0.2, 0.25) is 10.7 Å². The van der Waals surface area contributed by atoms with Gasteiger partial charge in [-0.2, -0.15) is 13.2 Å². The molecule has 2 fully saturated rings. The van der Waals surface area contributed by atoms with E-state index in [-0.39, 0.29) is 27.5 Å². The number of nitrogens with one attached hydrogen (secondary N) is 2. The van der Waals surface area contributed by atoms with Crippen LogP contribution in [0.3, 0.4) is 0 Å². The van der Waals surface area contributed by atoms with Crippen molar-refractivity contribution in [1.82, 2.24) is 15.4 Å². The summed E-state index contributed by atoms with van der Waals surface area (Å²) in [5, 5.41) is 10.5. The van der Waals surface area contributed by atoms with Crippen LogP contribution in [0, 0.1) is 11.8 Å². The Labute approximate surface area is 173 Å². The van der Waals surface area contributed by atoms with Crippen molar-refractivity contribution < 1.29 is 32.1 Å². The maximum absolute atomic E-state index is 12.5. The number of hydrogen-bond acceptors (Lipinski definition) is 7. The Morgan fingerprint density at radius 1 is 1.35 bits per heavy atom. The van der Waals surface area contributed by atoms with Crippen LogP contribution in [0.25, 0.3) is 11.1 Å². The minimum Gasteiger partial charge on any atom is -0.484 e. The number of hydrogen-bond donors (Lipinski definition) is 2. The largest absolute Gasteiger partial charge is 0.493 e. The molecule has 2 aromatic rings. The minimum absolute atomic E-state index is 0.00387. The molecule has 1 aromatic heterocycles. The fourth-order valence-corrected chi connectivity index (χ4v) is 3.79. The Hall–Kier alpha value is -3.15. The second-order valence-corrected chi connectivity index (χ2v) is 7.91. The van der Waals surface area contributed by atoms with Gasteiger partial charge in [0.1, 0.15) is 10.3 Å². The number of rotatable bonds is 4. The first kappa shape index (κ1) is 19.8. The van der Waals surface area contributed by atoms with E-state index in [0.29, 0.717) is 28.8 Å². The van der Waals surface area contributed by atoms with Gasteiger partial charge in [0.05, 0.1) is 16.7 Å². The molecule has 0 bridgehead atoms. The lowest BCUT2D eigenvalue weighted by Crippen LogP contribution is -2.51. The molecule has 0 spiro atoms. The molecule has 1 aromatic carbocycles. The van der Waals surface area contributed by atoms with Gasteiger partial charge in [-0.15, -0.1) is 0 Å². The van der Waals surface area contributed by atoms with Crippen LogP contribution in [0.4, 0.5) is 18.9 Å².